The molecule has 2 rings (SSSR count). The Morgan fingerprint density at radius 1 is 1.30 bits per heavy atom. The van der Waals surface area contributed by atoms with Crippen molar-refractivity contribution in [3.8, 4) is 5.69 Å². The molecule has 4 heteroatoms. The van der Waals surface area contributed by atoms with E-state index in [4.69, 9.17) is 5.73 Å². The molecule has 0 atom stereocenters. The third kappa shape index (κ3) is 2.69. The Bertz CT molecular complexity index is 712. The van der Waals surface area contributed by atoms with Gasteiger partial charge in [0.1, 0.15) is 0 Å². The molecule has 0 aliphatic heterocycles. The normalized spacial score (nSPS) is 12.0. The van der Waals surface area contributed by atoms with Gasteiger partial charge in [0.15, 0.2) is 0 Å². The minimum atomic E-state index is -0.0674. The lowest BCUT2D eigenvalue weighted by atomic mass is 10.0. The second-order valence-electron chi connectivity index (χ2n) is 4.42. The zero-order chi connectivity index (χ0) is 14.5. The summed E-state index contributed by atoms with van der Waals surface area (Å²) in [6.07, 6.45) is 4.98. The maximum Gasteiger partial charge on any atom is 0.255 e. The van der Waals surface area contributed by atoms with E-state index in [-0.39, 0.29) is 5.56 Å². The highest BCUT2D eigenvalue weighted by Crippen LogP contribution is 2.16. The average Bonchev–Trinajstić information content (AvgIpc) is 2.46. The average molecular weight is 267 g/mol. The van der Waals surface area contributed by atoms with Crippen LogP contribution in [-0.2, 0) is 0 Å². The molecule has 0 amide bonds. The van der Waals surface area contributed by atoms with Crippen molar-refractivity contribution in [2.24, 2.45) is 10.7 Å². The van der Waals surface area contributed by atoms with Crippen LogP contribution in [-0.4, -0.2) is 17.8 Å². The molecule has 1 heterocycles. The van der Waals surface area contributed by atoms with Crippen LogP contribution in [0.2, 0.25) is 0 Å². The van der Waals surface area contributed by atoms with E-state index in [1.165, 1.54) is 6.20 Å². The fourth-order valence-electron chi connectivity index (χ4n) is 2.06. The van der Waals surface area contributed by atoms with Gasteiger partial charge in [-0.2, -0.15) is 0 Å². The van der Waals surface area contributed by atoms with Gasteiger partial charge in [-0.25, -0.2) is 0 Å². The lowest BCUT2D eigenvalue weighted by Crippen LogP contribution is -2.18. The van der Waals surface area contributed by atoms with E-state index in [0.29, 0.717) is 0 Å². The van der Waals surface area contributed by atoms with E-state index in [9.17, 15) is 4.79 Å². The maximum absolute atomic E-state index is 12.1. The smallest absolute Gasteiger partial charge is 0.255 e. The number of nitrogens with zero attached hydrogens (tertiary/aromatic N) is 2. The molecule has 1 aromatic heterocycles. The van der Waals surface area contributed by atoms with E-state index in [2.05, 4.69) is 4.99 Å². The Morgan fingerprint density at radius 2 is 2.00 bits per heavy atom. The standard InChI is InChI=1S/C16H17N3O/c1-12-8-16(20)19(14-6-4-3-5-7-14)11-15(12)13(9-17)10-18-2/h3-11H,17H2,1-2H3. The van der Waals surface area contributed by atoms with E-state index in [1.54, 1.807) is 30.1 Å². The van der Waals surface area contributed by atoms with Crippen molar-refractivity contribution in [1.82, 2.24) is 4.57 Å². The summed E-state index contributed by atoms with van der Waals surface area (Å²) in [5, 5.41) is 0. The van der Waals surface area contributed by atoms with E-state index < -0.39 is 0 Å². The van der Waals surface area contributed by atoms with E-state index in [1.807, 2.05) is 37.3 Å². The predicted molar refractivity (Wildman–Crippen MR) is 83.4 cm³/mol. The third-order valence-electron chi connectivity index (χ3n) is 3.05. The van der Waals surface area contributed by atoms with Gasteiger partial charge >= 0.3 is 0 Å². The van der Waals surface area contributed by atoms with Crippen LogP contribution in [0.1, 0.15) is 11.1 Å². The number of aromatic nitrogens is 1. The number of aliphatic imine (C=N–C) groups is 1. The molecule has 0 spiro atoms. The van der Waals surface area contributed by atoms with Gasteiger partial charge in [0.05, 0.1) is 0 Å². The molecule has 0 bridgehead atoms. The van der Waals surface area contributed by atoms with Gasteiger partial charge in [-0.3, -0.25) is 14.4 Å². The van der Waals surface area contributed by atoms with Gasteiger partial charge in [-0.05, 0) is 24.6 Å². The molecule has 0 saturated carbocycles. The zero-order valence-electron chi connectivity index (χ0n) is 11.6. The quantitative estimate of drug-likeness (QED) is 0.866. The van der Waals surface area contributed by atoms with Gasteiger partial charge in [0.25, 0.3) is 5.56 Å². The number of para-hydroxylation sites is 1. The first kappa shape index (κ1) is 13.8. The third-order valence-corrected chi connectivity index (χ3v) is 3.05. The Hall–Kier alpha value is -2.62. The fourth-order valence-corrected chi connectivity index (χ4v) is 2.06. The highest BCUT2D eigenvalue weighted by Gasteiger charge is 2.08. The molecule has 1 aromatic carbocycles. The predicted octanol–water partition coefficient (Wildman–Crippen LogP) is 2.15. The first-order valence-electron chi connectivity index (χ1n) is 6.30. The maximum atomic E-state index is 12.1. The Kier molecular flexibility index (Phi) is 4.15. The van der Waals surface area contributed by atoms with Crippen molar-refractivity contribution in [2.75, 3.05) is 7.05 Å². The molecule has 20 heavy (non-hydrogen) atoms. The second-order valence-corrected chi connectivity index (χ2v) is 4.42. The number of nitrogens with two attached hydrogens (primary N) is 1. The molecule has 0 fully saturated rings. The van der Waals surface area contributed by atoms with Gasteiger partial charge in [0.2, 0.25) is 0 Å². The Morgan fingerprint density at radius 3 is 2.60 bits per heavy atom. The number of hydrogen-bond donors (Lipinski definition) is 1. The van der Waals surface area contributed by atoms with Crippen molar-refractivity contribution in [1.29, 1.82) is 0 Å². The Labute approximate surface area is 117 Å². The summed E-state index contributed by atoms with van der Waals surface area (Å²) in [6.45, 7) is 1.89. The molecule has 4 nitrogen and oxygen atoms in total. The number of rotatable bonds is 3. The molecular weight excluding hydrogens is 250 g/mol. The molecule has 2 N–H and O–H groups in total. The summed E-state index contributed by atoms with van der Waals surface area (Å²) in [4.78, 5) is 16.1. The summed E-state index contributed by atoms with van der Waals surface area (Å²) >= 11 is 0. The fraction of sp³-hybridized carbons (Fsp3) is 0.125. The molecule has 0 aliphatic carbocycles. The lowest BCUT2D eigenvalue weighted by Gasteiger charge is -2.11. The topological polar surface area (TPSA) is 60.4 Å². The summed E-state index contributed by atoms with van der Waals surface area (Å²) in [5.74, 6) is 0. The first-order valence-corrected chi connectivity index (χ1v) is 6.30. The molecule has 0 unspecified atom stereocenters. The van der Waals surface area contributed by atoms with Crippen LogP contribution >= 0.6 is 0 Å². The summed E-state index contributed by atoms with van der Waals surface area (Å²) in [5.41, 5.74) is 8.95. The molecule has 0 saturated heterocycles. The second kappa shape index (κ2) is 6.02. The summed E-state index contributed by atoms with van der Waals surface area (Å²) in [7, 11) is 1.69. The van der Waals surface area contributed by atoms with Crippen LogP contribution in [0.15, 0.2) is 58.6 Å². The molecular formula is C16H17N3O. The van der Waals surface area contributed by atoms with Gasteiger partial charge in [-0.1, -0.05) is 18.2 Å². The zero-order valence-corrected chi connectivity index (χ0v) is 11.6. The highest BCUT2D eigenvalue weighted by molar-refractivity contribution is 6.10. The van der Waals surface area contributed by atoms with Crippen molar-refractivity contribution in [3.05, 3.63) is 70.3 Å². The highest BCUT2D eigenvalue weighted by atomic mass is 16.1. The van der Waals surface area contributed by atoms with E-state index in [0.717, 1.165) is 22.4 Å². The van der Waals surface area contributed by atoms with Gasteiger partial charge in [0, 0.05) is 48.5 Å². The minimum Gasteiger partial charge on any atom is -0.404 e. The van der Waals surface area contributed by atoms with Crippen LogP contribution in [0.4, 0.5) is 0 Å². The van der Waals surface area contributed by atoms with Crippen LogP contribution in [0, 0.1) is 6.92 Å². The number of hydrogen-bond acceptors (Lipinski definition) is 3. The number of pyridine rings is 1. The SMILES string of the molecule is CN=CC(=CN)c1cn(-c2ccccc2)c(=O)cc1C. The van der Waals surface area contributed by atoms with Crippen LogP contribution < -0.4 is 11.3 Å². The van der Waals surface area contributed by atoms with Gasteiger partial charge < -0.3 is 5.73 Å². The number of benzene rings is 1. The van der Waals surface area contributed by atoms with E-state index >= 15 is 0 Å². The largest absolute Gasteiger partial charge is 0.404 e. The number of allylic oxidation sites excluding steroid dienone is 1. The molecule has 2 aromatic rings. The summed E-state index contributed by atoms with van der Waals surface area (Å²) < 4.78 is 1.61. The molecule has 0 aliphatic rings. The van der Waals surface area contributed by atoms with Gasteiger partial charge in [-0.15, -0.1) is 0 Å². The van der Waals surface area contributed by atoms with Crippen LogP contribution in [0.25, 0.3) is 11.3 Å². The minimum absolute atomic E-state index is 0.0674. The van der Waals surface area contributed by atoms with Crippen molar-refractivity contribution >= 4 is 11.8 Å². The van der Waals surface area contributed by atoms with Crippen LogP contribution in [0.3, 0.4) is 0 Å². The Balaban J connectivity index is 2.65. The lowest BCUT2D eigenvalue weighted by molar-refractivity contribution is 0.977. The first-order chi connectivity index (χ1) is 9.67. The van der Waals surface area contributed by atoms with Crippen LogP contribution in [0.5, 0.6) is 0 Å². The van der Waals surface area contributed by atoms with Crippen molar-refractivity contribution < 1.29 is 0 Å². The molecule has 102 valence electrons. The molecule has 0 radical (unpaired) electrons. The monoisotopic (exact) mass is 267 g/mol. The number of aryl methyl sites for hydroxylation is 1. The van der Waals surface area contributed by atoms with Crippen molar-refractivity contribution in [3.63, 3.8) is 0 Å². The van der Waals surface area contributed by atoms with Crippen molar-refractivity contribution in [2.45, 2.75) is 6.92 Å². The summed E-state index contributed by atoms with van der Waals surface area (Å²) in [6, 6.07) is 11.1.